The molecule has 0 saturated heterocycles. The van der Waals surface area contributed by atoms with E-state index in [4.69, 9.17) is 5.11 Å². The van der Waals surface area contributed by atoms with Crippen molar-refractivity contribution in [2.45, 2.75) is 52.6 Å². The van der Waals surface area contributed by atoms with Gasteiger partial charge in [0.1, 0.15) is 6.04 Å². The Balaban J connectivity index is 4.94. The fraction of sp³-hybridized carbons (Fsp3) is 0.857. The van der Waals surface area contributed by atoms with Crippen molar-refractivity contribution < 1.29 is 14.7 Å². The molecule has 2 N–H and O–H groups in total. The summed E-state index contributed by atoms with van der Waals surface area (Å²) in [7, 11) is 1.74. The molecule has 0 radical (unpaired) electrons. The summed E-state index contributed by atoms with van der Waals surface area (Å²) in [5.41, 5.74) is 0. The molecule has 0 aliphatic rings. The van der Waals surface area contributed by atoms with Crippen molar-refractivity contribution in [1.82, 2.24) is 10.2 Å². The summed E-state index contributed by atoms with van der Waals surface area (Å²) in [6.45, 7) is 8.04. The zero-order valence-electron chi connectivity index (χ0n) is 12.7. The van der Waals surface area contributed by atoms with E-state index in [0.29, 0.717) is 12.8 Å². The van der Waals surface area contributed by atoms with Crippen LogP contribution in [0.2, 0.25) is 0 Å². The lowest BCUT2D eigenvalue weighted by molar-refractivity contribution is -0.138. The first-order valence-corrected chi connectivity index (χ1v) is 6.97. The average molecular weight is 272 g/mol. The highest BCUT2D eigenvalue weighted by molar-refractivity contribution is 5.84. The molecule has 0 spiro atoms. The summed E-state index contributed by atoms with van der Waals surface area (Å²) < 4.78 is 0. The monoisotopic (exact) mass is 272 g/mol. The van der Waals surface area contributed by atoms with E-state index in [1.165, 1.54) is 0 Å². The third-order valence-electron chi connectivity index (χ3n) is 3.77. The van der Waals surface area contributed by atoms with Gasteiger partial charge in [0.2, 0.25) is 12.3 Å². The minimum Gasteiger partial charge on any atom is -0.396 e. The average Bonchev–Trinajstić information content (AvgIpc) is 2.39. The van der Waals surface area contributed by atoms with Gasteiger partial charge in [-0.3, -0.25) is 9.59 Å². The van der Waals surface area contributed by atoms with Crippen molar-refractivity contribution in [2.24, 2.45) is 11.8 Å². The van der Waals surface area contributed by atoms with E-state index in [1.807, 2.05) is 27.7 Å². The van der Waals surface area contributed by atoms with Gasteiger partial charge in [0, 0.05) is 19.7 Å². The van der Waals surface area contributed by atoms with E-state index in [0.717, 1.165) is 6.42 Å². The number of aliphatic hydroxyl groups excluding tert-OH is 1. The van der Waals surface area contributed by atoms with Gasteiger partial charge in [0.15, 0.2) is 0 Å². The molecule has 3 unspecified atom stereocenters. The first-order chi connectivity index (χ1) is 8.90. The van der Waals surface area contributed by atoms with Crippen molar-refractivity contribution in [2.75, 3.05) is 13.7 Å². The Labute approximate surface area is 116 Å². The normalized spacial score (nSPS) is 15.7. The molecule has 112 valence electrons. The van der Waals surface area contributed by atoms with Crippen LogP contribution in [0, 0.1) is 11.8 Å². The van der Waals surface area contributed by atoms with E-state index in [-0.39, 0.29) is 30.4 Å². The van der Waals surface area contributed by atoms with E-state index < -0.39 is 6.04 Å². The number of hydrogen-bond donors (Lipinski definition) is 2. The van der Waals surface area contributed by atoms with Crippen molar-refractivity contribution in [3.8, 4) is 0 Å². The van der Waals surface area contributed by atoms with Crippen LogP contribution in [-0.2, 0) is 9.59 Å². The largest absolute Gasteiger partial charge is 0.396 e. The number of likely N-dealkylation sites (N-methyl/N-ethyl adjacent to an activating group) is 1. The number of nitrogens with one attached hydrogen (secondary N) is 1. The molecule has 5 heteroatoms. The van der Waals surface area contributed by atoms with Crippen LogP contribution in [0.25, 0.3) is 0 Å². The minimum atomic E-state index is -0.493. The summed E-state index contributed by atoms with van der Waals surface area (Å²) in [4.78, 5) is 24.8. The fourth-order valence-corrected chi connectivity index (χ4v) is 2.28. The molecule has 0 aromatic rings. The topological polar surface area (TPSA) is 69.6 Å². The van der Waals surface area contributed by atoms with Crippen LogP contribution < -0.4 is 5.32 Å². The number of carbonyl (C=O) groups is 2. The molecule has 2 amide bonds. The first-order valence-electron chi connectivity index (χ1n) is 6.97. The summed E-state index contributed by atoms with van der Waals surface area (Å²) in [5, 5.41) is 11.7. The summed E-state index contributed by atoms with van der Waals surface area (Å²) >= 11 is 0. The summed E-state index contributed by atoms with van der Waals surface area (Å²) in [6.07, 6.45) is 1.95. The quantitative estimate of drug-likeness (QED) is 0.616. The highest BCUT2D eigenvalue weighted by Gasteiger charge is 2.30. The maximum Gasteiger partial charge on any atom is 0.245 e. The maximum absolute atomic E-state index is 12.5. The zero-order valence-corrected chi connectivity index (χ0v) is 12.7. The number of amides is 2. The molecule has 19 heavy (non-hydrogen) atoms. The van der Waals surface area contributed by atoms with Gasteiger partial charge in [-0.1, -0.05) is 34.1 Å². The van der Waals surface area contributed by atoms with Crippen molar-refractivity contribution in [3.63, 3.8) is 0 Å². The van der Waals surface area contributed by atoms with Crippen LogP contribution in [0.3, 0.4) is 0 Å². The molecule has 0 bridgehead atoms. The van der Waals surface area contributed by atoms with Crippen molar-refractivity contribution >= 4 is 12.3 Å². The van der Waals surface area contributed by atoms with Gasteiger partial charge >= 0.3 is 0 Å². The second-order valence-electron chi connectivity index (χ2n) is 5.42. The van der Waals surface area contributed by atoms with Gasteiger partial charge in [-0.25, -0.2) is 0 Å². The molecule has 0 fully saturated rings. The Hall–Kier alpha value is -1.10. The van der Waals surface area contributed by atoms with Crippen molar-refractivity contribution in [1.29, 1.82) is 0 Å². The number of carbonyl (C=O) groups excluding carboxylic acids is 2. The van der Waals surface area contributed by atoms with Gasteiger partial charge in [0.25, 0.3) is 0 Å². The van der Waals surface area contributed by atoms with Gasteiger partial charge in [0.05, 0.1) is 0 Å². The predicted octanol–water partition coefficient (Wildman–Crippen LogP) is 1.01. The van der Waals surface area contributed by atoms with Crippen LogP contribution in [-0.4, -0.2) is 48.1 Å². The summed E-state index contributed by atoms with van der Waals surface area (Å²) in [5.74, 6) is 0.255. The van der Waals surface area contributed by atoms with Gasteiger partial charge in [-0.2, -0.15) is 0 Å². The van der Waals surface area contributed by atoms with Gasteiger partial charge < -0.3 is 15.3 Å². The standard InChI is InChI=1S/C14H28N2O3/c1-6-11(4)13(15-9-18)14(19)16(5)12(7-8-17)10(2)3/h9-13,17H,6-8H2,1-5H3,(H,15,18). The van der Waals surface area contributed by atoms with E-state index >= 15 is 0 Å². The van der Waals surface area contributed by atoms with E-state index in [9.17, 15) is 9.59 Å². The number of rotatable bonds is 9. The second kappa shape index (κ2) is 8.91. The predicted molar refractivity (Wildman–Crippen MR) is 75.5 cm³/mol. The molecule has 0 aromatic carbocycles. The zero-order chi connectivity index (χ0) is 15.0. The Morgan fingerprint density at radius 2 is 1.95 bits per heavy atom. The number of hydrogen-bond acceptors (Lipinski definition) is 3. The minimum absolute atomic E-state index is 0.0162. The van der Waals surface area contributed by atoms with Crippen LogP contribution in [0.15, 0.2) is 0 Å². The fourth-order valence-electron chi connectivity index (χ4n) is 2.28. The highest BCUT2D eigenvalue weighted by atomic mass is 16.3. The Bertz CT molecular complexity index is 282. The highest BCUT2D eigenvalue weighted by Crippen LogP contribution is 2.17. The second-order valence-corrected chi connectivity index (χ2v) is 5.42. The number of nitrogens with zero attached hydrogens (tertiary/aromatic N) is 1. The van der Waals surface area contributed by atoms with Gasteiger partial charge in [-0.05, 0) is 18.3 Å². The molecule has 5 nitrogen and oxygen atoms in total. The molecule has 0 aromatic heterocycles. The van der Waals surface area contributed by atoms with E-state index in [1.54, 1.807) is 11.9 Å². The lowest BCUT2D eigenvalue weighted by Gasteiger charge is -2.35. The smallest absolute Gasteiger partial charge is 0.245 e. The Morgan fingerprint density at radius 3 is 2.32 bits per heavy atom. The molecule has 0 rings (SSSR count). The van der Waals surface area contributed by atoms with Crippen LogP contribution in [0.5, 0.6) is 0 Å². The van der Waals surface area contributed by atoms with Crippen LogP contribution in [0.1, 0.15) is 40.5 Å². The molecule has 3 atom stereocenters. The lowest BCUT2D eigenvalue weighted by Crippen LogP contribution is -2.52. The SMILES string of the molecule is CCC(C)C(NC=O)C(=O)N(C)C(CCO)C(C)C. The molecular formula is C14H28N2O3. The maximum atomic E-state index is 12.5. The molecule has 0 aliphatic carbocycles. The third-order valence-corrected chi connectivity index (χ3v) is 3.77. The molecule has 0 heterocycles. The van der Waals surface area contributed by atoms with Crippen LogP contribution >= 0.6 is 0 Å². The molecule has 0 saturated carbocycles. The first kappa shape index (κ1) is 17.9. The lowest BCUT2D eigenvalue weighted by atomic mass is 9.95. The molecule has 0 aliphatic heterocycles. The Kier molecular flexibility index (Phi) is 8.39. The number of aliphatic hydroxyl groups is 1. The van der Waals surface area contributed by atoms with Gasteiger partial charge in [-0.15, -0.1) is 0 Å². The Morgan fingerprint density at radius 1 is 1.37 bits per heavy atom. The van der Waals surface area contributed by atoms with Crippen LogP contribution in [0.4, 0.5) is 0 Å². The third kappa shape index (κ3) is 5.19. The van der Waals surface area contributed by atoms with E-state index in [2.05, 4.69) is 5.32 Å². The summed E-state index contributed by atoms with van der Waals surface area (Å²) in [6, 6.07) is -0.509. The molecular weight excluding hydrogens is 244 g/mol. The van der Waals surface area contributed by atoms with Crippen molar-refractivity contribution in [3.05, 3.63) is 0 Å².